The fourth-order valence-corrected chi connectivity index (χ4v) is 1.06. The highest BCUT2D eigenvalue weighted by molar-refractivity contribution is 6.31. The maximum absolute atomic E-state index is 11.8. The van der Waals surface area contributed by atoms with Gasteiger partial charge in [0.25, 0.3) is 0 Å². The standard InChI is InChI=1S/C8H4ClF2NO2/c9-5-1-6(12-4-13)3-7(2-5)14-8(10)11/h1-3,8H. The second-order valence-electron chi connectivity index (χ2n) is 2.23. The second-order valence-corrected chi connectivity index (χ2v) is 2.66. The van der Waals surface area contributed by atoms with E-state index in [1.165, 1.54) is 18.2 Å². The van der Waals surface area contributed by atoms with E-state index in [1.807, 2.05) is 0 Å². The van der Waals surface area contributed by atoms with E-state index in [1.54, 1.807) is 0 Å². The Hall–Kier alpha value is -1.45. The van der Waals surface area contributed by atoms with Crippen molar-refractivity contribution in [3.8, 4) is 5.75 Å². The van der Waals surface area contributed by atoms with Crippen molar-refractivity contribution in [2.45, 2.75) is 6.61 Å². The van der Waals surface area contributed by atoms with Crippen LogP contribution in [0.25, 0.3) is 0 Å². The highest BCUT2D eigenvalue weighted by Gasteiger charge is 2.06. The number of hydrogen-bond acceptors (Lipinski definition) is 3. The first kappa shape index (κ1) is 10.6. The summed E-state index contributed by atoms with van der Waals surface area (Å²) in [6.07, 6.45) is 1.27. The van der Waals surface area contributed by atoms with Crippen LogP contribution in [0, 0.1) is 0 Å². The van der Waals surface area contributed by atoms with Crippen LogP contribution in [0.1, 0.15) is 0 Å². The van der Waals surface area contributed by atoms with E-state index in [0.717, 1.165) is 6.07 Å². The average molecular weight is 220 g/mol. The van der Waals surface area contributed by atoms with Crippen LogP contribution < -0.4 is 4.74 Å². The van der Waals surface area contributed by atoms with Crippen molar-refractivity contribution in [3.63, 3.8) is 0 Å². The molecule has 0 saturated carbocycles. The molecule has 0 saturated heterocycles. The minimum Gasteiger partial charge on any atom is -0.435 e. The molecule has 0 amide bonds. The van der Waals surface area contributed by atoms with Crippen molar-refractivity contribution in [2.24, 2.45) is 4.99 Å². The van der Waals surface area contributed by atoms with E-state index >= 15 is 0 Å². The van der Waals surface area contributed by atoms with Crippen LogP contribution in [0.4, 0.5) is 14.5 Å². The number of carbonyl (C=O) groups excluding carboxylic acids is 1. The van der Waals surface area contributed by atoms with Gasteiger partial charge in [0.2, 0.25) is 6.08 Å². The van der Waals surface area contributed by atoms with Gasteiger partial charge in [0.15, 0.2) is 0 Å². The third-order valence-electron chi connectivity index (χ3n) is 1.26. The van der Waals surface area contributed by atoms with Crippen molar-refractivity contribution in [3.05, 3.63) is 23.2 Å². The normalized spacial score (nSPS) is 9.71. The molecule has 0 aliphatic heterocycles. The van der Waals surface area contributed by atoms with E-state index in [2.05, 4.69) is 9.73 Å². The number of nitrogens with zero attached hydrogens (tertiary/aromatic N) is 1. The molecule has 0 atom stereocenters. The molecule has 0 radical (unpaired) electrons. The van der Waals surface area contributed by atoms with Gasteiger partial charge in [0, 0.05) is 11.1 Å². The summed E-state index contributed by atoms with van der Waals surface area (Å²) in [4.78, 5) is 13.1. The summed E-state index contributed by atoms with van der Waals surface area (Å²) in [5, 5.41) is 0.150. The zero-order chi connectivity index (χ0) is 10.6. The van der Waals surface area contributed by atoms with Gasteiger partial charge in [0.1, 0.15) is 5.75 Å². The van der Waals surface area contributed by atoms with Gasteiger partial charge in [-0.05, 0) is 12.1 Å². The van der Waals surface area contributed by atoms with Gasteiger partial charge < -0.3 is 4.74 Å². The molecule has 0 aliphatic rings. The molecule has 1 aromatic carbocycles. The minimum atomic E-state index is -2.94. The quantitative estimate of drug-likeness (QED) is 0.579. The van der Waals surface area contributed by atoms with Crippen LogP contribution in [0.5, 0.6) is 5.75 Å². The van der Waals surface area contributed by atoms with Crippen LogP contribution in [0.3, 0.4) is 0 Å². The van der Waals surface area contributed by atoms with Crippen LogP contribution >= 0.6 is 11.6 Å². The molecule has 0 heterocycles. The molecule has 0 fully saturated rings. The number of isocyanates is 1. The lowest BCUT2D eigenvalue weighted by molar-refractivity contribution is -0.0497. The lowest BCUT2D eigenvalue weighted by atomic mass is 10.3. The SMILES string of the molecule is O=C=Nc1cc(Cl)cc(OC(F)F)c1. The van der Waals surface area contributed by atoms with Crippen molar-refractivity contribution >= 4 is 23.4 Å². The Morgan fingerprint density at radius 1 is 1.43 bits per heavy atom. The topological polar surface area (TPSA) is 38.7 Å². The summed E-state index contributed by atoms with van der Waals surface area (Å²) >= 11 is 5.55. The maximum atomic E-state index is 11.8. The van der Waals surface area contributed by atoms with Crippen LogP contribution in [-0.2, 0) is 4.79 Å². The maximum Gasteiger partial charge on any atom is 0.387 e. The van der Waals surface area contributed by atoms with E-state index in [0.29, 0.717) is 0 Å². The summed E-state index contributed by atoms with van der Waals surface area (Å²) in [6.45, 7) is -2.94. The third-order valence-corrected chi connectivity index (χ3v) is 1.47. The summed E-state index contributed by atoms with van der Waals surface area (Å²) in [6, 6.07) is 3.67. The van der Waals surface area contributed by atoms with Crippen molar-refractivity contribution in [2.75, 3.05) is 0 Å². The second kappa shape index (κ2) is 4.69. The molecular weight excluding hydrogens is 216 g/mol. The van der Waals surface area contributed by atoms with Crippen LogP contribution in [0.15, 0.2) is 23.2 Å². The molecule has 0 unspecified atom stereocenters. The average Bonchev–Trinajstić information content (AvgIpc) is 2.01. The molecule has 74 valence electrons. The molecule has 0 bridgehead atoms. The van der Waals surface area contributed by atoms with E-state index < -0.39 is 6.61 Å². The molecule has 0 spiro atoms. The van der Waals surface area contributed by atoms with Gasteiger partial charge in [-0.25, -0.2) is 4.79 Å². The monoisotopic (exact) mass is 219 g/mol. The zero-order valence-electron chi connectivity index (χ0n) is 6.71. The lowest BCUT2D eigenvalue weighted by Crippen LogP contribution is -2.01. The number of hydrogen-bond donors (Lipinski definition) is 0. The Morgan fingerprint density at radius 3 is 2.71 bits per heavy atom. The molecule has 0 N–H and O–H groups in total. The van der Waals surface area contributed by atoms with Gasteiger partial charge in [0.05, 0.1) is 5.69 Å². The van der Waals surface area contributed by atoms with Crippen LogP contribution in [0.2, 0.25) is 5.02 Å². The largest absolute Gasteiger partial charge is 0.435 e. The number of benzene rings is 1. The summed E-state index contributed by atoms with van der Waals surface area (Å²) in [5.41, 5.74) is 0.114. The van der Waals surface area contributed by atoms with Gasteiger partial charge in [-0.2, -0.15) is 13.8 Å². The van der Waals surface area contributed by atoms with Gasteiger partial charge in [-0.3, -0.25) is 0 Å². The van der Waals surface area contributed by atoms with Crippen molar-refractivity contribution < 1.29 is 18.3 Å². The van der Waals surface area contributed by atoms with Gasteiger partial charge in [-0.15, -0.1) is 0 Å². The first-order valence-corrected chi connectivity index (χ1v) is 3.83. The van der Waals surface area contributed by atoms with Crippen molar-refractivity contribution in [1.82, 2.24) is 0 Å². The number of rotatable bonds is 3. The molecule has 14 heavy (non-hydrogen) atoms. The third kappa shape index (κ3) is 3.12. The molecule has 3 nitrogen and oxygen atoms in total. The predicted octanol–water partition coefficient (Wildman–Crippen LogP) is 2.91. The smallest absolute Gasteiger partial charge is 0.387 e. The molecule has 1 aromatic rings. The van der Waals surface area contributed by atoms with E-state index in [-0.39, 0.29) is 16.5 Å². The Balaban J connectivity index is 3.00. The Morgan fingerprint density at radius 2 is 2.14 bits per heavy atom. The fourth-order valence-electron chi connectivity index (χ4n) is 0.836. The zero-order valence-corrected chi connectivity index (χ0v) is 7.46. The molecule has 1 rings (SSSR count). The highest BCUT2D eigenvalue weighted by Crippen LogP contribution is 2.26. The number of alkyl halides is 2. The molecule has 6 heteroatoms. The van der Waals surface area contributed by atoms with Gasteiger partial charge >= 0.3 is 6.61 Å². The predicted molar refractivity (Wildman–Crippen MR) is 45.9 cm³/mol. The summed E-state index contributed by atoms with van der Waals surface area (Å²) in [7, 11) is 0. The number of aliphatic imine (C=N–C) groups is 1. The molecular formula is C8H4ClF2NO2. The Bertz CT molecular complexity index is 378. The lowest BCUT2D eigenvalue weighted by Gasteiger charge is -2.04. The Labute approximate surface area is 83.0 Å². The van der Waals surface area contributed by atoms with Crippen molar-refractivity contribution in [1.29, 1.82) is 0 Å². The van der Waals surface area contributed by atoms with E-state index in [4.69, 9.17) is 11.6 Å². The minimum absolute atomic E-state index is 0.114. The van der Waals surface area contributed by atoms with Gasteiger partial charge in [-0.1, -0.05) is 11.6 Å². The highest BCUT2D eigenvalue weighted by atomic mass is 35.5. The van der Waals surface area contributed by atoms with Crippen LogP contribution in [-0.4, -0.2) is 12.7 Å². The number of ether oxygens (including phenoxy) is 1. The Kier molecular flexibility index (Phi) is 3.56. The van der Waals surface area contributed by atoms with E-state index in [9.17, 15) is 13.6 Å². The molecule has 0 aromatic heterocycles. The first-order valence-electron chi connectivity index (χ1n) is 3.45. The molecule has 0 aliphatic carbocycles. The first-order chi connectivity index (χ1) is 6.61. The summed E-state index contributed by atoms with van der Waals surface area (Å²) in [5.74, 6) is -0.151. The summed E-state index contributed by atoms with van der Waals surface area (Å²) < 4.78 is 27.7. The fraction of sp³-hybridized carbons (Fsp3) is 0.125. The number of halogens is 3.